The van der Waals surface area contributed by atoms with Gasteiger partial charge in [0, 0.05) is 17.8 Å². The van der Waals surface area contributed by atoms with Crippen molar-refractivity contribution in [3.8, 4) is 6.07 Å². The van der Waals surface area contributed by atoms with Crippen molar-refractivity contribution in [3.63, 3.8) is 0 Å². The molecule has 3 heteroatoms. The third-order valence-electron chi connectivity index (χ3n) is 3.86. The van der Waals surface area contributed by atoms with Gasteiger partial charge in [-0.3, -0.25) is 4.79 Å². The molecule has 0 radical (unpaired) electrons. The van der Waals surface area contributed by atoms with Crippen LogP contribution in [0.15, 0.2) is 42.5 Å². The summed E-state index contributed by atoms with van der Waals surface area (Å²) in [5.74, 6) is 0.00397. The average molecular weight is 276 g/mol. The number of rotatable bonds is 1. The van der Waals surface area contributed by atoms with Gasteiger partial charge < -0.3 is 4.90 Å². The molecule has 0 N–H and O–H groups in total. The monoisotopic (exact) mass is 276 g/mol. The number of carbonyl (C=O) groups excluding carboxylic acids is 1. The van der Waals surface area contributed by atoms with Crippen molar-refractivity contribution >= 4 is 11.6 Å². The number of carbonyl (C=O) groups is 1. The summed E-state index contributed by atoms with van der Waals surface area (Å²) >= 11 is 0. The molecule has 1 heterocycles. The number of anilines is 1. The van der Waals surface area contributed by atoms with E-state index in [0.717, 1.165) is 25.1 Å². The lowest BCUT2D eigenvalue weighted by molar-refractivity contribution is 0.0985. The summed E-state index contributed by atoms with van der Waals surface area (Å²) in [7, 11) is 0. The second kappa shape index (κ2) is 5.41. The van der Waals surface area contributed by atoms with Crippen molar-refractivity contribution in [1.29, 1.82) is 5.26 Å². The van der Waals surface area contributed by atoms with Crippen LogP contribution in [-0.2, 0) is 6.42 Å². The van der Waals surface area contributed by atoms with Gasteiger partial charge in [0.2, 0.25) is 0 Å². The first-order valence-electron chi connectivity index (χ1n) is 7.10. The van der Waals surface area contributed by atoms with Gasteiger partial charge in [-0.1, -0.05) is 17.7 Å². The summed E-state index contributed by atoms with van der Waals surface area (Å²) in [6.07, 6.45) is 2.01. The molecule has 0 bridgehead atoms. The van der Waals surface area contributed by atoms with Crippen molar-refractivity contribution in [2.24, 2.45) is 0 Å². The van der Waals surface area contributed by atoms with E-state index in [1.54, 1.807) is 24.3 Å². The van der Waals surface area contributed by atoms with E-state index in [9.17, 15) is 4.79 Å². The van der Waals surface area contributed by atoms with E-state index in [0.29, 0.717) is 11.1 Å². The van der Waals surface area contributed by atoms with Crippen molar-refractivity contribution in [3.05, 3.63) is 64.7 Å². The van der Waals surface area contributed by atoms with Gasteiger partial charge in [0.15, 0.2) is 0 Å². The highest BCUT2D eigenvalue weighted by Crippen LogP contribution is 2.29. The predicted octanol–water partition coefficient (Wildman–Crippen LogP) is 3.46. The van der Waals surface area contributed by atoms with E-state index in [2.05, 4.69) is 19.1 Å². The van der Waals surface area contributed by atoms with Crippen molar-refractivity contribution in [2.45, 2.75) is 19.8 Å². The van der Waals surface area contributed by atoms with E-state index in [1.807, 2.05) is 17.0 Å². The lowest BCUT2D eigenvalue weighted by atomic mass is 9.98. The summed E-state index contributed by atoms with van der Waals surface area (Å²) in [6.45, 7) is 2.82. The van der Waals surface area contributed by atoms with Crippen LogP contribution in [0, 0.1) is 18.3 Å². The Hall–Kier alpha value is -2.60. The van der Waals surface area contributed by atoms with Crippen LogP contribution < -0.4 is 4.90 Å². The molecular formula is C18H16N2O. The van der Waals surface area contributed by atoms with E-state index in [-0.39, 0.29) is 5.91 Å². The van der Waals surface area contributed by atoms with Crippen LogP contribution in [0.25, 0.3) is 0 Å². The zero-order valence-electron chi connectivity index (χ0n) is 12.0. The Kier molecular flexibility index (Phi) is 3.45. The fraction of sp³-hybridized carbons (Fsp3) is 0.222. The zero-order chi connectivity index (χ0) is 14.8. The maximum Gasteiger partial charge on any atom is 0.258 e. The number of fused-ring (bicyclic) bond motifs is 1. The molecule has 104 valence electrons. The van der Waals surface area contributed by atoms with E-state index < -0.39 is 0 Å². The first-order valence-corrected chi connectivity index (χ1v) is 7.10. The zero-order valence-corrected chi connectivity index (χ0v) is 12.0. The largest absolute Gasteiger partial charge is 0.308 e. The second-order valence-corrected chi connectivity index (χ2v) is 5.38. The van der Waals surface area contributed by atoms with Gasteiger partial charge in [0.25, 0.3) is 5.91 Å². The Labute approximate surface area is 124 Å². The summed E-state index contributed by atoms with van der Waals surface area (Å²) in [5.41, 5.74) is 4.68. The Morgan fingerprint density at radius 2 is 1.95 bits per heavy atom. The molecule has 0 fully saturated rings. The van der Waals surface area contributed by atoms with Crippen LogP contribution in [0.4, 0.5) is 5.69 Å². The van der Waals surface area contributed by atoms with Crippen LogP contribution in [0.5, 0.6) is 0 Å². The summed E-state index contributed by atoms with van der Waals surface area (Å²) in [4.78, 5) is 14.5. The summed E-state index contributed by atoms with van der Waals surface area (Å²) in [5, 5.41) is 8.83. The van der Waals surface area contributed by atoms with E-state index in [1.165, 1.54) is 11.1 Å². The average Bonchev–Trinajstić information content (AvgIpc) is 2.53. The molecule has 3 nitrogen and oxygen atoms in total. The van der Waals surface area contributed by atoms with Gasteiger partial charge in [-0.25, -0.2) is 0 Å². The quantitative estimate of drug-likeness (QED) is 0.800. The van der Waals surface area contributed by atoms with E-state index in [4.69, 9.17) is 5.26 Å². The molecule has 1 aliphatic heterocycles. The standard InChI is InChI=1S/C18H16N2O/c1-13-4-9-17-16(11-13)3-2-10-20(17)18(21)15-7-5-14(12-19)6-8-15/h4-9,11H,2-3,10H2,1H3. The van der Waals surface area contributed by atoms with Crippen LogP contribution >= 0.6 is 0 Å². The number of hydrogen-bond donors (Lipinski definition) is 0. The molecule has 0 saturated carbocycles. The number of nitrogens with zero attached hydrogens (tertiary/aromatic N) is 2. The molecule has 2 aromatic rings. The maximum atomic E-state index is 12.7. The Morgan fingerprint density at radius 3 is 2.67 bits per heavy atom. The summed E-state index contributed by atoms with van der Waals surface area (Å²) in [6, 6.07) is 15.1. The first kappa shape index (κ1) is 13.4. The normalized spacial score (nSPS) is 13.4. The number of hydrogen-bond acceptors (Lipinski definition) is 2. The Bertz CT molecular complexity index is 726. The second-order valence-electron chi connectivity index (χ2n) is 5.38. The Morgan fingerprint density at radius 1 is 1.19 bits per heavy atom. The van der Waals surface area contributed by atoms with Crippen molar-refractivity contribution in [2.75, 3.05) is 11.4 Å². The van der Waals surface area contributed by atoms with E-state index >= 15 is 0 Å². The molecule has 2 aromatic carbocycles. The first-order chi connectivity index (χ1) is 10.2. The molecule has 1 amide bonds. The smallest absolute Gasteiger partial charge is 0.258 e. The van der Waals surface area contributed by atoms with Gasteiger partial charge in [-0.05, 0) is 55.7 Å². The number of benzene rings is 2. The lowest BCUT2D eigenvalue weighted by Crippen LogP contribution is -2.35. The van der Waals surface area contributed by atoms with Crippen LogP contribution in [0.2, 0.25) is 0 Å². The lowest BCUT2D eigenvalue weighted by Gasteiger charge is -2.30. The SMILES string of the molecule is Cc1ccc2c(c1)CCCN2C(=O)c1ccc(C#N)cc1. The van der Waals surface area contributed by atoms with Gasteiger partial charge in [-0.2, -0.15) is 5.26 Å². The topological polar surface area (TPSA) is 44.1 Å². The fourth-order valence-corrected chi connectivity index (χ4v) is 2.78. The molecule has 0 aromatic heterocycles. The number of amides is 1. The van der Waals surface area contributed by atoms with Crippen molar-refractivity contribution in [1.82, 2.24) is 0 Å². The predicted molar refractivity (Wildman–Crippen MR) is 82.3 cm³/mol. The molecule has 0 saturated heterocycles. The minimum atomic E-state index is 0.00397. The molecule has 0 atom stereocenters. The van der Waals surface area contributed by atoms with Gasteiger partial charge in [-0.15, -0.1) is 0 Å². The number of aryl methyl sites for hydroxylation is 2. The molecule has 3 rings (SSSR count). The highest BCUT2D eigenvalue weighted by Gasteiger charge is 2.23. The van der Waals surface area contributed by atoms with Crippen LogP contribution in [0.1, 0.15) is 33.5 Å². The fourth-order valence-electron chi connectivity index (χ4n) is 2.78. The third-order valence-corrected chi connectivity index (χ3v) is 3.86. The minimum absolute atomic E-state index is 0.00397. The number of nitriles is 1. The van der Waals surface area contributed by atoms with Gasteiger partial charge in [0.05, 0.1) is 11.6 Å². The van der Waals surface area contributed by atoms with Crippen LogP contribution in [0.3, 0.4) is 0 Å². The molecular weight excluding hydrogens is 260 g/mol. The molecule has 0 aliphatic carbocycles. The highest BCUT2D eigenvalue weighted by molar-refractivity contribution is 6.06. The van der Waals surface area contributed by atoms with Crippen LogP contribution in [-0.4, -0.2) is 12.5 Å². The van der Waals surface area contributed by atoms with Crippen molar-refractivity contribution < 1.29 is 4.79 Å². The highest BCUT2D eigenvalue weighted by atomic mass is 16.2. The molecule has 21 heavy (non-hydrogen) atoms. The molecule has 1 aliphatic rings. The third kappa shape index (κ3) is 2.53. The maximum absolute atomic E-state index is 12.7. The molecule has 0 unspecified atom stereocenters. The Balaban J connectivity index is 1.94. The minimum Gasteiger partial charge on any atom is -0.308 e. The summed E-state index contributed by atoms with van der Waals surface area (Å²) < 4.78 is 0. The molecule has 0 spiro atoms. The van der Waals surface area contributed by atoms with Gasteiger partial charge >= 0.3 is 0 Å². The van der Waals surface area contributed by atoms with Gasteiger partial charge in [0.1, 0.15) is 0 Å².